The molecule has 0 saturated heterocycles. The van der Waals surface area contributed by atoms with Crippen LogP contribution in [0, 0.1) is 5.41 Å². The summed E-state index contributed by atoms with van der Waals surface area (Å²) in [5, 5.41) is 15.9. The number of nitrogens with one attached hydrogen (secondary N) is 1. The minimum absolute atomic E-state index is 0.0428. The van der Waals surface area contributed by atoms with Crippen molar-refractivity contribution in [1.82, 2.24) is 5.32 Å². The molecule has 1 unspecified atom stereocenters. The first-order valence-electron chi connectivity index (χ1n) is 6.94. The van der Waals surface area contributed by atoms with Gasteiger partial charge in [-0.25, -0.2) is 0 Å². The van der Waals surface area contributed by atoms with E-state index >= 15 is 0 Å². The number of hydrogen-bond acceptors (Lipinski definition) is 4. The van der Waals surface area contributed by atoms with Gasteiger partial charge in [-0.1, -0.05) is 38.1 Å². The number of rotatable bonds is 6. The largest absolute Gasteiger partial charge is 0.399 e. The van der Waals surface area contributed by atoms with E-state index in [1.54, 1.807) is 30.5 Å². The van der Waals surface area contributed by atoms with Gasteiger partial charge in [0.1, 0.15) is 7.11 Å². The summed E-state index contributed by atoms with van der Waals surface area (Å²) in [5.74, 6) is -0.187. The Bertz CT molecular complexity index is 475. The van der Waals surface area contributed by atoms with Gasteiger partial charge >= 0.3 is 0 Å². The van der Waals surface area contributed by atoms with Crippen molar-refractivity contribution in [2.75, 3.05) is 13.7 Å². The lowest BCUT2D eigenvalue weighted by molar-refractivity contribution is 0.0897. The second-order valence-electron chi connectivity index (χ2n) is 6.16. The third-order valence-electron chi connectivity index (χ3n) is 2.89. The molecule has 1 aromatic rings. The molecule has 0 spiro atoms. The number of hydrogen-bond donors (Lipinski definition) is 2. The highest BCUT2D eigenvalue weighted by Gasteiger charge is 2.20. The molecule has 5 nitrogen and oxygen atoms in total. The highest BCUT2D eigenvalue weighted by molar-refractivity contribution is 5.95. The monoisotopic (exact) mass is 292 g/mol. The Morgan fingerprint density at radius 2 is 2.00 bits per heavy atom. The molecule has 0 fully saturated rings. The topological polar surface area (TPSA) is 70.9 Å². The average Bonchev–Trinajstić information content (AvgIpc) is 2.43. The van der Waals surface area contributed by atoms with Crippen molar-refractivity contribution >= 4 is 12.1 Å². The Labute approximate surface area is 126 Å². The van der Waals surface area contributed by atoms with Crippen molar-refractivity contribution in [1.29, 1.82) is 0 Å². The molecule has 0 saturated carbocycles. The molecular weight excluding hydrogens is 268 g/mol. The average molecular weight is 292 g/mol. The van der Waals surface area contributed by atoms with Crippen LogP contribution in [0.5, 0.6) is 0 Å². The van der Waals surface area contributed by atoms with Crippen molar-refractivity contribution in [2.45, 2.75) is 33.2 Å². The van der Waals surface area contributed by atoms with Gasteiger partial charge in [-0.05, 0) is 29.5 Å². The lowest BCUT2D eigenvalue weighted by atomic mass is 9.88. The maximum atomic E-state index is 12.1. The third kappa shape index (κ3) is 6.40. The van der Waals surface area contributed by atoms with Crippen molar-refractivity contribution in [3.8, 4) is 0 Å². The van der Waals surface area contributed by atoms with Crippen LogP contribution < -0.4 is 5.32 Å². The van der Waals surface area contributed by atoms with E-state index in [2.05, 4.69) is 36.1 Å². The summed E-state index contributed by atoms with van der Waals surface area (Å²) in [6.07, 6.45) is 2.28. The van der Waals surface area contributed by atoms with Crippen LogP contribution in [-0.4, -0.2) is 37.0 Å². The highest BCUT2D eigenvalue weighted by Crippen LogP contribution is 2.20. The molecule has 1 atom stereocenters. The lowest BCUT2D eigenvalue weighted by Crippen LogP contribution is -2.40. The molecule has 1 aromatic carbocycles. The Kier molecular flexibility index (Phi) is 6.37. The van der Waals surface area contributed by atoms with Crippen molar-refractivity contribution in [3.63, 3.8) is 0 Å². The van der Waals surface area contributed by atoms with Crippen LogP contribution in [0.15, 0.2) is 29.4 Å². The molecule has 116 valence electrons. The summed E-state index contributed by atoms with van der Waals surface area (Å²) in [4.78, 5) is 16.7. The standard InChI is InChI=1S/C16H24N2O3/c1-16(2,3)9-14(11-19)18-15(20)13-7-5-12(6-8-13)10-17-21-4/h5-8,10,14,19H,9,11H2,1-4H3,(H,18,20)/b17-10+. The quantitative estimate of drug-likeness (QED) is 0.623. The van der Waals surface area contributed by atoms with Gasteiger partial charge < -0.3 is 15.3 Å². The maximum Gasteiger partial charge on any atom is 0.251 e. The van der Waals surface area contributed by atoms with Gasteiger partial charge in [0.15, 0.2) is 0 Å². The zero-order valence-electron chi connectivity index (χ0n) is 13.1. The molecule has 5 heteroatoms. The molecule has 0 heterocycles. The van der Waals surface area contributed by atoms with E-state index in [1.807, 2.05) is 0 Å². The number of benzene rings is 1. The third-order valence-corrected chi connectivity index (χ3v) is 2.89. The van der Waals surface area contributed by atoms with Crippen LogP contribution in [0.3, 0.4) is 0 Å². The van der Waals surface area contributed by atoms with Crippen molar-refractivity contribution in [3.05, 3.63) is 35.4 Å². The molecule has 1 rings (SSSR count). The van der Waals surface area contributed by atoms with Gasteiger partial charge in [0.2, 0.25) is 0 Å². The smallest absolute Gasteiger partial charge is 0.251 e. The molecule has 0 radical (unpaired) electrons. The Hall–Kier alpha value is -1.88. The first kappa shape index (κ1) is 17.2. The van der Waals surface area contributed by atoms with Crippen LogP contribution in [-0.2, 0) is 4.84 Å². The molecule has 0 aliphatic rings. The fraction of sp³-hybridized carbons (Fsp3) is 0.500. The van der Waals surface area contributed by atoms with E-state index in [4.69, 9.17) is 0 Å². The van der Waals surface area contributed by atoms with Gasteiger partial charge in [-0.15, -0.1) is 0 Å². The lowest BCUT2D eigenvalue weighted by Gasteiger charge is -2.25. The normalized spacial score (nSPS) is 13.2. The number of oxime groups is 1. The number of aliphatic hydroxyl groups excluding tert-OH is 1. The second-order valence-corrected chi connectivity index (χ2v) is 6.16. The molecule has 0 aromatic heterocycles. The number of carbonyl (C=O) groups is 1. The zero-order chi connectivity index (χ0) is 15.9. The summed E-state index contributed by atoms with van der Waals surface area (Å²) in [6, 6.07) is 6.77. The maximum absolute atomic E-state index is 12.1. The highest BCUT2D eigenvalue weighted by atomic mass is 16.6. The minimum atomic E-state index is -0.243. The van der Waals surface area contributed by atoms with E-state index in [0.29, 0.717) is 12.0 Å². The molecular formula is C16H24N2O3. The SMILES string of the molecule is CO/N=C/c1ccc(C(=O)NC(CO)CC(C)(C)C)cc1. The van der Waals surface area contributed by atoms with E-state index in [9.17, 15) is 9.90 Å². The van der Waals surface area contributed by atoms with Crippen molar-refractivity contribution in [2.24, 2.45) is 10.6 Å². The molecule has 0 aliphatic heterocycles. The predicted octanol–water partition coefficient (Wildman–Crippen LogP) is 2.19. The van der Waals surface area contributed by atoms with Crippen LogP contribution in [0.25, 0.3) is 0 Å². The summed E-state index contributed by atoms with van der Waals surface area (Å²) < 4.78 is 0. The fourth-order valence-corrected chi connectivity index (χ4v) is 2.00. The summed E-state index contributed by atoms with van der Waals surface area (Å²) in [7, 11) is 1.47. The van der Waals surface area contributed by atoms with Crippen LogP contribution in [0.1, 0.15) is 43.1 Å². The fourth-order valence-electron chi connectivity index (χ4n) is 2.00. The summed E-state index contributed by atoms with van der Waals surface area (Å²) >= 11 is 0. The molecule has 0 aliphatic carbocycles. The van der Waals surface area contributed by atoms with E-state index in [0.717, 1.165) is 5.56 Å². The van der Waals surface area contributed by atoms with E-state index in [1.165, 1.54) is 7.11 Å². The Morgan fingerprint density at radius 3 is 2.48 bits per heavy atom. The number of carbonyl (C=O) groups excluding carboxylic acids is 1. The first-order chi connectivity index (χ1) is 9.85. The predicted molar refractivity (Wildman–Crippen MR) is 83.5 cm³/mol. The molecule has 1 amide bonds. The molecule has 21 heavy (non-hydrogen) atoms. The van der Waals surface area contributed by atoms with Crippen molar-refractivity contribution < 1.29 is 14.7 Å². The van der Waals surface area contributed by atoms with Crippen LogP contribution in [0.4, 0.5) is 0 Å². The Morgan fingerprint density at radius 1 is 1.38 bits per heavy atom. The van der Waals surface area contributed by atoms with Gasteiger partial charge in [0.25, 0.3) is 5.91 Å². The van der Waals surface area contributed by atoms with Crippen LogP contribution >= 0.6 is 0 Å². The minimum Gasteiger partial charge on any atom is -0.399 e. The number of amides is 1. The first-order valence-corrected chi connectivity index (χ1v) is 6.94. The van der Waals surface area contributed by atoms with Gasteiger partial charge in [-0.2, -0.15) is 0 Å². The molecule has 2 N–H and O–H groups in total. The van der Waals surface area contributed by atoms with E-state index < -0.39 is 0 Å². The second kappa shape index (κ2) is 7.78. The molecule has 0 bridgehead atoms. The van der Waals surface area contributed by atoms with E-state index in [-0.39, 0.29) is 24.0 Å². The number of aliphatic hydroxyl groups is 1. The van der Waals surface area contributed by atoms with Crippen LogP contribution in [0.2, 0.25) is 0 Å². The Balaban J connectivity index is 2.68. The summed E-state index contributed by atoms with van der Waals surface area (Å²) in [5.41, 5.74) is 1.44. The van der Waals surface area contributed by atoms with Gasteiger partial charge in [0.05, 0.1) is 18.9 Å². The van der Waals surface area contributed by atoms with Gasteiger partial charge in [-0.3, -0.25) is 4.79 Å². The zero-order valence-corrected chi connectivity index (χ0v) is 13.1. The number of nitrogens with zero attached hydrogens (tertiary/aromatic N) is 1. The summed E-state index contributed by atoms with van der Waals surface area (Å²) in [6.45, 7) is 6.16. The van der Waals surface area contributed by atoms with Gasteiger partial charge in [0, 0.05) is 5.56 Å².